The van der Waals surface area contributed by atoms with Crippen LogP contribution in [0.15, 0.2) is 24.3 Å². The molecule has 2 aromatic rings. The van der Waals surface area contributed by atoms with Crippen LogP contribution in [0.4, 0.5) is 0 Å². The Labute approximate surface area is 151 Å². The van der Waals surface area contributed by atoms with Gasteiger partial charge in [-0.25, -0.2) is 0 Å². The van der Waals surface area contributed by atoms with Crippen LogP contribution in [0.3, 0.4) is 0 Å². The van der Waals surface area contributed by atoms with Gasteiger partial charge in [-0.1, -0.05) is 30.7 Å². The van der Waals surface area contributed by atoms with Gasteiger partial charge in [-0.15, -0.1) is 0 Å². The first-order valence-electron chi connectivity index (χ1n) is 8.29. The summed E-state index contributed by atoms with van der Waals surface area (Å²) in [6.45, 7) is 3.11. The van der Waals surface area contributed by atoms with Gasteiger partial charge in [0.1, 0.15) is 12.4 Å². The number of rotatable bonds is 5. The summed E-state index contributed by atoms with van der Waals surface area (Å²) in [4.78, 5) is 14.8. The molecule has 1 N–H and O–H groups in total. The van der Waals surface area contributed by atoms with Crippen LogP contribution in [-0.4, -0.2) is 32.1 Å². The van der Waals surface area contributed by atoms with E-state index in [0.717, 1.165) is 43.6 Å². The van der Waals surface area contributed by atoms with E-state index in [-0.39, 0.29) is 18.5 Å². The van der Waals surface area contributed by atoms with Crippen molar-refractivity contribution in [3.05, 3.63) is 45.4 Å². The van der Waals surface area contributed by atoms with Crippen LogP contribution in [0.1, 0.15) is 43.6 Å². The number of likely N-dealkylation sites (tertiary alicyclic amines) is 1. The molecule has 0 bridgehead atoms. The Kier molecular flexibility index (Phi) is 5.36. The highest BCUT2D eigenvalue weighted by Crippen LogP contribution is 2.32. The molecule has 7 heteroatoms. The van der Waals surface area contributed by atoms with Crippen LogP contribution in [0.25, 0.3) is 0 Å². The topological polar surface area (TPSA) is 53.9 Å². The molecule has 1 unspecified atom stereocenters. The minimum absolute atomic E-state index is 0.0855. The molecule has 0 saturated carbocycles. The van der Waals surface area contributed by atoms with Gasteiger partial charge in [0.15, 0.2) is 4.77 Å². The molecule has 128 valence electrons. The predicted molar refractivity (Wildman–Crippen MR) is 96.5 cm³/mol. The zero-order valence-corrected chi connectivity index (χ0v) is 15.2. The number of amides is 1. The molecule has 2 heterocycles. The second kappa shape index (κ2) is 7.49. The number of benzene rings is 1. The Hall–Kier alpha value is -1.66. The molecule has 1 aromatic carbocycles. The van der Waals surface area contributed by atoms with E-state index in [1.807, 2.05) is 33.7 Å². The van der Waals surface area contributed by atoms with Crippen LogP contribution in [-0.2, 0) is 17.8 Å². The Morgan fingerprint density at radius 1 is 1.42 bits per heavy atom. The molecule has 1 atom stereocenters. The Morgan fingerprint density at radius 3 is 2.88 bits per heavy atom. The SMILES string of the molecule is CCCc1n[nH]c(=S)n1CC(=O)N1CCCC1c1ccc(Cl)cc1. The number of aromatic amines is 1. The number of carbonyl (C=O) groups excluding carboxylic acids is 1. The van der Waals surface area contributed by atoms with Crippen molar-refractivity contribution in [3.8, 4) is 0 Å². The highest BCUT2D eigenvalue weighted by atomic mass is 35.5. The normalized spacial score (nSPS) is 17.4. The molecule has 1 aliphatic heterocycles. The average Bonchev–Trinajstić information content (AvgIpc) is 3.18. The van der Waals surface area contributed by atoms with Gasteiger partial charge < -0.3 is 4.90 Å². The fourth-order valence-electron chi connectivity index (χ4n) is 3.25. The molecule has 0 aliphatic carbocycles. The molecule has 1 aromatic heterocycles. The largest absolute Gasteiger partial charge is 0.334 e. The van der Waals surface area contributed by atoms with Crippen molar-refractivity contribution in [1.82, 2.24) is 19.7 Å². The molecule has 1 aliphatic rings. The van der Waals surface area contributed by atoms with Gasteiger partial charge in [0.05, 0.1) is 6.04 Å². The van der Waals surface area contributed by atoms with Gasteiger partial charge in [0.25, 0.3) is 0 Å². The van der Waals surface area contributed by atoms with Crippen molar-refractivity contribution in [3.63, 3.8) is 0 Å². The second-order valence-electron chi connectivity index (χ2n) is 6.08. The third-order valence-corrected chi connectivity index (χ3v) is 5.00. The maximum atomic E-state index is 12.9. The first kappa shape index (κ1) is 17.2. The van der Waals surface area contributed by atoms with Crippen molar-refractivity contribution in [1.29, 1.82) is 0 Å². The number of aromatic nitrogens is 3. The molecular formula is C17H21ClN4OS. The third-order valence-electron chi connectivity index (χ3n) is 4.43. The van der Waals surface area contributed by atoms with Gasteiger partial charge in [-0.05, 0) is 49.2 Å². The van der Waals surface area contributed by atoms with E-state index in [4.69, 9.17) is 23.8 Å². The van der Waals surface area contributed by atoms with Gasteiger partial charge in [0.2, 0.25) is 5.91 Å². The molecule has 3 rings (SSSR count). The van der Waals surface area contributed by atoms with Crippen LogP contribution in [0.5, 0.6) is 0 Å². The molecule has 0 spiro atoms. The Bertz CT molecular complexity index is 768. The lowest BCUT2D eigenvalue weighted by atomic mass is 10.0. The second-order valence-corrected chi connectivity index (χ2v) is 6.90. The lowest BCUT2D eigenvalue weighted by molar-refractivity contribution is -0.132. The van der Waals surface area contributed by atoms with Gasteiger partial charge in [-0.2, -0.15) is 5.10 Å². The van der Waals surface area contributed by atoms with E-state index in [1.54, 1.807) is 0 Å². The highest BCUT2D eigenvalue weighted by Gasteiger charge is 2.30. The molecule has 1 amide bonds. The number of aryl methyl sites for hydroxylation is 1. The van der Waals surface area contributed by atoms with E-state index in [2.05, 4.69) is 17.1 Å². The van der Waals surface area contributed by atoms with Crippen molar-refractivity contribution >= 4 is 29.7 Å². The van der Waals surface area contributed by atoms with Crippen LogP contribution in [0, 0.1) is 4.77 Å². The van der Waals surface area contributed by atoms with E-state index in [1.165, 1.54) is 0 Å². The van der Waals surface area contributed by atoms with E-state index in [9.17, 15) is 4.79 Å². The van der Waals surface area contributed by atoms with E-state index in [0.29, 0.717) is 9.79 Å². The summed E-state index contributed by atoms with van der Waals surface area (Å²) in [5.41, 5.74) is 1.13. The summed E-state index contributed by atoms with van der Waals surface area (Å²) in [7, 11) is 0. The summed E-state index contributed by atoms with van der Waals surface area (Å²) < 4.78 is 2.33. The zero-order valence-electron chi connectivity index (χ0n) is 13.7. The standard InChI is InChI=1S/C17H21ClN4OS/c1-2-4-15-19-20-17(24)22(15)11-16(23)21-10-3-5-14(21)12-6-8-13(18)9-7-12/h6-9,14H,2-5,10-11H2,1H3,(H,20,24). The summed E-state index contributed by atoms with van der Waals surface area (Å²) in [6, 6.07) is 7.88. The number of nitrogens with one attached hydrogen (secondary N) is 1. The molecule has 1 saturated heterocycles. The van der Waals surface area contributed by atoms with Gasteiger partial charge in [0, 0.05) is 18.0 Å². The maximum Gasteiger partial charge on any atom is 0.243 e. The smallest absolute Gasteiger partial charge is 0.243 e. The third kappa shape index (κ3) is 3.54. The summed E-state index contributed by atoms with van der Waals surface area (Å²) in [5.74, 6) is 0.931. The van der Waals surface area contributed by atoms with E-state index >= 15 is 0 Å². The summed E-state index contributed by atoms with van der Waals surface area (Å²) in [5, 5.41) is 7.74. The molecule has 0 radical (unpaired) electrons. The monoisotopic (exact) mass is 364 g/mol. The maximum absolute atomic E-state index is 12.9. The number of carbonyl (C=O) groups is 1. The predicted octanol–water partition coefficient (Wildman–Crippen LogP) is 3.91. The minimum atomic E-state index is 0.0855. The van der Waals surface area contributed by atoms with Gasteiger partial charge >= 0.3 is 0 Å². The first-order valence-corrected chi connectivity index (χ1v) is 9.07. The number of H-pyrrole nitrogens is 1. The van der Waals surface area contributed by atoms with Crippen molar-refractivity contribution < 1.29 is 4.79 Å². The fraction of sp³-hybridized carbons (Fsp3) is 0.471. The quantitative estimate of drug-likeness (QED) is 0.818. The number of hydrogen-bond acceptors (Lipinski definition) is 3. The van der Waals surface area contributed by atoms with Gasteiger partial charge in [-0.3, -0.25) is 14.5 Å². The molecule has 1 fully saturated rings. The molecule has 5 nitrogen and oxygen atoms in total. The lowest BCUT2D eigenvalue weighted by Crippen LogP contribution is -2.33. The first-order chi connectivity index (χ1) is 11.6. The minimum Gasteiger partial charge on any atom is -0.334 e. The molecule has 24 heavy (non-hydrogen) atoms. The Morgan fingerprint density at radius 2 is 2.17 bits per heavy atom. The van der Waals surface area contributed by atoms with Crippen molar-refractivity contribution in [2.45, 2.75) is 45.2 Å². The average molecular weight is 365 g/mol. The summed E-state index contributed by atoms with van der Waals surface area (Å²) >= 11 is 11.2. The highest BCUT2D eigenvalue weighted by molar-refractivity contribution is 7.71. The number of nitrogens with zero attached hydrogens (tertiary/aromatic N) is 3. The van der Waals surface area contributed by atoms with Crippen LogP contribution >= 0.6 is 23.8 Å². The molecular weight excluding hydrogens is 344 g/mol. The van der Waals surface area contributed by atoms with E-state index < -0.39 is 0 Å². The number of hydrogen-bond donors (Lipinski definition) is 1. The fourth-order valence-corrected chi connectivity index (χ4v) is 3.59. The van der Waals surface area contributed by atoms with Crippen LogP contribution < -0.4 is 0 Å². The van der Waals surface area contributed by atoms with Crippen molar-refractivity contribution in [2.75, 3.05) is 6.54 Å². The zero-order chi connectivity index (χ0) is 17.1. The number of halogens is 1. The lowest BCUT2D eigenvalue weighted by Gasteiger charge is -2.25. The summed E-state index contributed by atoms with van der Waals surface area (Å²) in [6.07, 6.45) is 3.76. The van der Waals surface area contributed by atoms with Crippen molar-refractivity contribution in [2.24, 2.45) is 0 Å². The Balaban J connectivity index is 1.78. The van der Waals surface area contributed by atoms with Crippen LogP contribution in [0.2, 0.25) is 5.02 Å².